The number of carbonyl (C=O) groups is 2. The molecule has 1 N–H and O–H groups in total. The Morgan fingerprint density at radius 2 is 2.45 bits per heavy atom. The third-order valence-electron chi connectivity index (χ3n) is 2.06. The maximum atomic E-state index is 11.2. The summed E-state index contributed by atoms with van der Waals surface area (Å²) in [7, 11) is 0. The molecule has 1 unspecified atom stereocenters. The zero-order valence-electron chi connectivity index (χ0n) is 6.67. The van der Waals surface area contributed by atoms with Crippen LogP contribution in [0.4, 0.5) is 0 Å². The van der Waals surface area contributed by atoms with Crippen molar-refractivity contribution < 1.29 is 9.59 Å². The van der Waals surface area contributed by atoms with Gasteiger partial charge in [-0.2, -0.15) is 0 Å². The van der Waals surface area contributed by atoms with E-state index in [0.717, 1.165) is 6.29 Å². The summed E-state index contributed by atoms with van der Waals surface area (Å²) in [4.78, 5) is 21.3. The molecule has 0 bridgehead atoms. The minimum Gasteiger partial charge on any atom is -0.313 e. The van der Waals surface area contributed by atoms with Crippen molar-refractivity contribution in [1.29, 1.82) is 0 Å². The van der Waals surface area contributed by atoms with Crippen LogP contribution in [0.2, 0.25) is 0 Å². The van der Waals surface area contributed by atoms with Gasteiger partial charge in [0.1, 0.15) is 12.1 Å². The van der Waals surface area contributed by atoms with Crippen molar-refractivity contribution in [3.05, 3.63) is 0 Å². The molecule has 1 saturated heterocycles. The van der Waals surface area contributed by atoms with Crippen molar-refractivity contribution in [3.63, 3.8) is 0 Å². The normalized spacial score (nSPS) is 31.9. The van der Waals surface area contributed by atoms with Crippen LogP contribution >= 0.6 is 0 Å². The van der Waals surface area contributed by atoms with Crippen molar-refractivity contribution in [1.82, 2.24) is 5.32 Å². The van der Waals surface area contributed by atoms with Crippen LogP contribution in [0, 0.1) is 5.92 Å². The van der Waals surface area contributed by atoms with Gasteiger partial charge < -0.3 is 10.1 Å². The lowest BCUT2D eigenvalue weighted by Gasteiger charge is -2.24. The molecule has 1 heterocycles. The number of carbonyl (C=O) groups excluding carboxylic acids is 2. The van der Waals surface area contributed by atoms with E-state index in [1.807, 2.05) is 6.92 Å². The molecule has 0 amide bonds. The Morgan fingerprint density at radius 3 is 3.00 bits per heavy atom. The van der Waals surface area contributed by atoms with Crippen LogP contribution in [0.1, 0.15) is 19.8 Å². The molecule has 3 heteroatoms. The minimum atomic E-state index is -0.0660. The quantitative estimate of drug-likeness (QED) is 0.577. The summed E-state index contributed by atoms with van der Waals surface area (Å²) in [5.41, 5.74) is 0. The van der Waals surface area contributed by atoms with Gasteiger partial charge in [-0.3, -0.25) is 4.79 Å². The molecular weight excluding hydrogens is 142 g/mol. The van der Waals surface area contributed by atoms with Crippen molar-refractivity contribution in [3.8, 4) is 0 Å². The van der Waals surface area contributed by atoms with E-state index in [0.29, 0.717) is 19.4 Å². The molecule has 0 aliphatic carbocycles. The zero-order valence-corrected chi connectivity index (χ0v) is 6.67. The largest absolute Gasteiger partial charge is 0.313 e. The van der Waals surface area contributed by atoms with Crippen molar-refractivity contribution >= 4 is 12.1 Å². The molecule has 62 valence electrons. The van der Waals surface area contributed by atoms with Gasteiger partial charge in [0.2, 0.25) is 0 Å². The Kier molecular flexibility index (Phi) is 2.76. The topological polar surface area (TPSA) is 46.2 Å². The first-order valence-corrected chi connectivity index (χ1v) is 3.93. The van der Waals surface area contributed by atoms with Crippen LogP contribution in [0.15, 0.2) is 0 Å². The predicted molar refractivity (Wildman–Crippen MR) is 41.3 cm³/mol. The lowest BCUT2D eigenvalue weighted by Crippen LogP contribution is -2.42. The van der Waals surface area contributed by atoms with E-state index in [4.69, 9.17) is 0 Å². The summed E-state index contributed by atoms with van der Waals surface area (Å²) in [6, 6.07) is 0.283. The molecule has 11 heavy (non-hydrogen) atoms. The van der Waals surface area contributed by atoms with E-state index in [9.17, 15) is 9.59 Å². The first kappa shape index (κ1) is 8.40. The minimum absolute atomic E-state index is 0.0660. The van der Waals surface area contributed by atoms with Gasteiger partial charge in [-0.25, -0.2) is 0 Å². The molecule has 0 aromatic rings. The number of nitrogens with one attached hydrogen (secondary N) is 1. The Bertz CT molecular complexity index is 167. The van der Waals surface area contributed by atoms with Crippen molar-refractivity contribution in [2.75, 3.05) is 6.54 Å². The maximum absolute atomic E-state index is 11.2. The second-order valence-electron chi connectivity index (χ2n) is 3.08. The number of aldehydes is 1. The summed E-state index contributed by atoms with van der Waals surface area (Å²) >= 11 is 0. The number of ketones is 1. The summed E-state index contributed by atoms with van der Waals surface area (Å²) in [6.45, 7) is 2.65. The first-order chi connectivity index (χ1) is 5.24. The molecule has 0 aromatic heterocycles. The molecule has 1 aliphatic rings. The Labute approximate surface area is 66.2 Å². The average Bonchev–Trinajstić information content (AvgIpc) is 1.95. The SMILES string of the molecule is C[C@H]1CC(=O)C(CC=O)CN1. The monoisotopic (exact) mass is 155 g/mol. The number of rotatable bonds is 2. The Balaban J connectivity index is 2.43. The number of Topliss-reactive ketones (excluding diaryl/α,β-unsaturated/α-hetero) is 1. The fraction of sp³-hybridized carbons (Fsp3) is 0.750. The highest BCUT2D eigenvalue weighted by molar-refractivity contribution is 5.84. The van der Waals surface area contributed by atoms with Crippen LogP contribution in [0.5, 0.6) is 0 Å². The molecule has 1 aliphatic heterocycles. The fourth-order valence-corrected chi connectivity index (χ4v) is 1.33. The number of hydrogen-bond acceptors (Lipinski definition) is 3. The van der Waals surface area contributed by atoms with Crippen molar-refractivity contribution in [2.24, 2.45) is 5.92 Å². The van der Waals surface area contributed by atoms with Crippen molar-refractivity contribution in [2.45, 2.75) is 25.8 Å². The molecule has 0 aromatic carbocycles. The van der Waals surface area contributed by atoms with Crippen LogP contribution in [0.25, 0.3) is 0 Å². The van der Waals surface area contributed by atoms with Crippen LogP contribution in [-0.4, -0.2) is 24.7 Å². The molecule has 0 spiro atoms. The highest BCUT2D eigenvalue weighted by Gasteiger charge is 2.24. The van der Waals surface area contributed by atoms with Gasteiger partial charge in [-0.1, -0.05) is 0 Å². The number of piperidine rings is 1. The lowest BCUT2D eigenvalue weighted by atomic mass is 9.92. The fourth-order valence-electron chi connectivity index (χ4n) is 1.33. The second kappa shape index (κ2) is 3.62. The zero-order chi connectivity index (χ0) is 8.27. The van der Waals surface area contributed by atoms with Crippen LogP contribution in [0.3, 0.4) is 0 Å². The average molecular weight is 155 g/mol. The molecule has 0 radical (unpaired) electrons. The summed E-state index contributed by atoms with van der Waals surface area (Å²) in [5, 5.41) is 3.17. The predicted octanol–water partition coefficient (Wildman–Crippen LogP) is 0.142. The molecule has 3 nitrogen and oxygen atoms in total. The van der Waals surface area contributed by atoms with E-state index < -0.39 is 0 Å². The first-order valence-electron chi connectivity index (χ1n) is 3.93. The van der Waals surface area contributed by atoms with Gasteiger partial charge in [0.15, 0.2) is 0 Å². The van der Waals surface area contributed by atoms with Crippen LogP contribution in [-0.2, 0) is 9.59 Å². The van der Waals surface area contributed by atoms with E-state index in [2.05, 4.69) is 5.32 Å². The summed E-state index contributed by atoms with van der Waals surface area (Å²) < 4.78 is 0. The van der Waals surface area contributed by atoms with Gasteiger partial charge in [0.05, 0.1) is 0 Å². The highest BCUT2D eigenvalue weighted by atomic mass is 16.1. The van der Waals surface area contributed by atoms with E-state index in [-0.39, 0.29) is 17.7 Å². The highest BCUT2D eigenvalue weighted by Crippen LogP contribution is 2.12. The van der Waals surface area contributed by atoms with E-state index >= 15 is 0 Å². The third kappa shape index (κ3) is 2.12. The summed E-state index contributed by atoms with van der Waals surface area (Å²) in [6.07, 6.45) is 1.76. The Hall–Kier alpha value is -0.700. The molecule has 2 atom stereocenters. The molecule has 0 saturated carbocycles. The van der Waals surface area contributed by atoms with Gasteiger partial charge in [0.25, 0.3) is 0 Å². The molecule has 1 rings (SSSR count). The van der Waals surface area contributed by atoms with Gasteiger partial charge in [-0.05, 0) is 6.92 Å². The summed E-state index contributed by atoms with van der Waals surface area (Å²) in [5.74, 6) is 0.159. The van der Waals surface area contributed by atoms with Gasteiger partial charge >= 0.3 is 0 Å². The third-order valence-corrected chi connectivity index (χ3v) is 2.06. The Morgan fingerprint density at radius 1 is 1.73 bits per heavy atom. The smallest absolute Gasteiger partial charge is 0.139 e. The van der Waals surface area contributed by atoms with E-state index in [1.165, 1.54) is 0 Å². The maximum Gasteiger partial charge on any atom is 0.139 e. The van der Waals surface area contributed by atoms with E-state index in [1.54, 1.807) is 0 Å². The van der Waals surface area contributed by atoms with Gasteiger partial charge in [-0.15, -0.1) is 0 Å². The molecule has 1 fully saturated rings. The van der Waals surface area contributed by atoms with Gasteiger partial charge in [0, 0.05) is 31.3 Å². The lowest BCUT2D eigenvalue weighted by molar-refractivity contribution is -0.126. The number of hydrogen-bond donors (Lipinski definition) is 1. The second-order valence-corrected chi connectivity index (χ2v) is 3.08. The standard InChI is InChI=1S/C8H13NO2/c1-6-4-8(11)7(2-3-10)5-9-6/h3,6-7,9H,2,4-5H2,1H3/t6-,7?/m0/s1. The molecular formula is C8H13NO2. The van der Waals surface area contributed by atoms with Crippen LogP contribution < -0.4 is 5.32 Å².